The summed E-state index contributed by atoms with van der Waals surface area (Å²) in [6, 6.07) is 3.76. The molecule has 0 saturated carbocycles. The molecule has 3 aliphatic rings. The SMILES string of the molecule is COC(=O)[C@H]1CC=CCOc2ccc(cc2)C[C@H](NC(C)=O)C(=O)N[C@@H](CCCNC(=N)NS(=O)(=O)c2c(C)c(C)c3c(c2C)CCC(C)(C)O3)C(=O)N1. The Kier molecular flexibility index (Phi) is 13.7. The number of ether oxygens (including phenoxy) is 3. The molecule has 0 aliphatic carbocycles. The van der Waals surface area contributed by atoms with Gasteiger partial charge in [-0.2, -0.15) is 0 Å². The molecule has 15 nitrogen and oxygen atoms in total. The van der Waals surface area contributed by atoms with E-state index in [0.717, 1.165) is 23.1 Å². The molecule has 0 unspecified atom stereocenters. The molecule has 6 N–H and O–H groups in total. The fourth-order valence-electron chi connectivity index (χ4n) is 6.52. The van der Waals surface area contributed by atoms with Crippen LogP contribution in [0.4, 0.5) is 0 Å². The molecule has 0 radical (unpaired) electrons. The van der Waals surface area contributed by atoms with E-state index in [0.29, 0.717) is 29.0 Å². The first kappa shape index (κ1) is 41.6. The van der Waals surface area contributed by atoms with Gasteiger partial charge in [-0.25, -0.2) is 17.9 Å². The van der Waals surface area contributed by atoms with Gasteiger partial charge in [-0.15, -0.1) is 0 Å². The zero-order valence-electron chi connectivity index (χ0n) is 31.9. The highest BCUT2D eigenvalue weighted by molar-refractivity contribution is 7.90. The number of hydrogen-bond acceptors (Lipinski definition) is 10. The van der Waals surface area contributed by atoms with E-state index in [1.165, 1.54) is 14.0 Å². The highest BCUT2D eigenvalue weighted by atomic mass is 32.2. The fourth-order valence-corrected chi connectivity index (χ4v) is 8.04. The van der Waals surface area contributed by atoms with Crippen LogP contribution in [-0.4, -0.2) is 82.1 Å². The molecule has 0 spiro atoms. The number of amides is 3. The molecule has 3 aliphatic heterocycles. The lowest BCUT2D eigenvalue weighted by Gasteiger charge is -2.35. The summed E-state index contributed by atoms with van der Waals surface area (Å²) in [4.78, 5) is 52.0. The third kappa shape index (κ3) is 10.7. The number of fused-ring (bicyclic) bond motifs is 14. The van der Waals surface area contributed by atoms with Crippen molar-refractivity contribution in [1.82, 2.24) is 26.0 Å². The number of guanidine groups is 1. The Labute approximate surface area is 316 Å². The van der Waals surface area contributed by atoms with E-state index in [1.54, 1.807) is 50.3 Å². The van der Waals surface area contributed by atoms with Gasteiger partial charge in [-0.05, 0) is 107 Å². The number of hydrogen-bond donors (Lipinski definition) is 6. The Morgan fingerprint density at radius 3 is 2.39 bits per heavy atom. The highest BCUT2D eigenvalue weighted by Crippen LogP contribution is 2.42. The maximum absolute atomic E-state index is 13.6. The van der Waals surface area contributed by atoms with Gasteiger partial charge in [0, 0.05) is 19.9 Å². The zero-order chi connectivity index (χ0) is 39.8. The van der Waals surface area contributed by atoms with Crippen LogP contribution in [0, 0.1) is 26.2 Å². The van der Waals surface area contributed by atoms with Crippen molar-refractivity contribution in [1.29, 1.82) is 5.41 Å². The van der Waals surface area contributed by atoms with Gasteiger partial charge in [0.05, 0.1) is 12.0 Å². The molecular weight excluding hydrogens is 717 g/mol. The third-order valence-electron chi connectivity index (χ3n) is 9.52. The minimum absolute atomic E-state index is 0.0300. The number of benzene rings is 2. The number of esters is 1. The second-order valence-corrected chi connectivity index (χ2v) is 15.8. The van der Waals surface area contributed by atoms with Crippen molar-refractivity contribution in [2.45, 2.75) is 109 Å². The summed E-state index contributed by atoms with van der Waals surface area (Å²) in [7, 11) is -2.97. The average Bonchev–Trinajstić information content (AvgIpc) is 3.10. The lowest BCUT2D eigenvalue weighted by molar-refractivity contribution is -0.145. The molecule has 294 valence electrons. The van der Waals surface area contributed by atoms with Gasteiger partial charge >= 0.3 is 5.97 Å². The molecule has 2 bridgehead atoms. The Hall–Kier alpha value is -5.12. The van der Waals surface area contributed by atoms with Crippen molar-refractivity contribution in [3.05, 3.63) is 64.2 Å². The lowest BCUT2D eigenvalue weighted by atomic mass is 9.88. The van der Waals surface area contributed by atoms with E-state index in [4.69, 9.17) is 19.6 Å². The zero-order valence-corrected chi connectivity index (χ0v) is 32.8. The standard InChI is InChI=1S/C38H52N6O9S/c1-22-23(2)33(24(3)28-17-18-38(5,6)53-32(22)28)54(49,50)44-37(39)40-19-10-12-29-34(46)43-30(36(48)51-7)11-8-9-20-52-27-15-13-26(14-16-27)21-31(35(47)42-29)41-25(4)45/h8-9,13-16,29-31H,10-12,17-21H2,1-7H3,(H,41,45)(H,42,47)(H,43,46)(H3,39,40,44)/t29-,30+,31-/m0/s1. The van der Waals surface area contributed by atoms with E-state index in [9.17, 15) is 27.6 Å². The van der Waals surface area contributed by atoms with Gasteiger partial charge < -0.3 is 35.5 Å². The van der Waals surface area contributed by atoms with Crippen molar-refractivity contribution >= 4 is 39.7 Å². The molecule has 3 atom stereocenters. The second kappa shape index (κ2) is 17.8. The topological polar surface area (TPSA) is 214 Å². The van der Waals surface area contributed by atoms with Crippen LogP contribution in [0.1, 0.15) is 74.3 Å². The maximum Gasteiger partial charge on any atom is 0.328 e. The Morgan fingerprint density at radius 1 is 1.02 bits per heavy atom. The van der Waals surface area contributed by atoms with E-state index in [-0.39, 0.29) is 49.3 Å². The molecular formula is C38H52N6O9S. The molecule has 2 aromatic rings. The molecule has 0 aromatic heterocycles. The first-order chi connectivity index (χ1) is 25.4. The summed E-state index contributed by atoms with van der Waals surface area (Å²) in [5.74, 6) is -1.62. The summed E-state index contributed by atoms with van der Waals surface area (Å²) >= 11 is 0. The van der Waals surface area contributed by atoms with Crippen LogP contribution >= 0.6 is 0 Å². The summed E-state index contributed by atoms with van der Waals surface area (Å²) in [5, 5.41) is 19.2. The van der Waals surface area contributed by atoms with Gasteiger partial charge in [0.25, 0.3) is 10.0 Å². The van der Waals surface area contributed by atoms with Crippen molar-refractivity contribution in [2.75, 3.05) is 20.3 Å². The van der Waals surface area contributed by atoms with Crippen LogP contribution < -0.4 is 35.5 Å². The minimum atomic E-state index is -4.17. The first-order valence-electron chi connectivity index (χ1n) is 17.9. The smallest absolute Gasteiger partial charge is 0.328 e. The average molecular weight is 769 g/mol. The van der Waals surface area contributed by atoms with Crippen LogP contribution in [0.3, 0.4) is 0 Å². The van der Waals surface area contributed by atoms with E-state index in [1.807, 2.05) is 20.8 Å². The monoisotopic (exact) mass is 768 g/mol. The largest absolute Gasteiger partial charge is 0.490 e. The predicted molar refractivity (Wildman–Crippen MR) is 202 cm³/mol. The molecule has 16 heteroatoms. The Bertz CT molecular complexity index is 1890. The lowest BCUT2D eigenvalue weighted by Crippen LogP contribution is -2.56. The summed E-state index contributed by atoms with van der Waals surface area (Å²) in [6.07, 6.45) is 5.20. The van der Waals surface area contributed by atoms with Crippen LogP contribution in [0.2, 0.25) is 0 Å². The van der Waals surface area contributed by atoms with E-state index >= 15 is 0 Å². The van der Waals surface area contributed by atoms with Crippen LogP contribution in [0.5, 0.6) is 11.5 Å². The minimum Gasteiger partial charge on any atom is -0.490 e. The van der Waals surface area contributed by atoms with Gasteiger partial charge in [-0.3, -0.25) is 19.8 Å². The summed E-state index contributed by atoms with van der Waals surface area (Å²) in [5.41, 5.74) is 3.04. The van der Waals surface area contributed by atoms with Crippen LogP contribution in [0.15, 0.2) is 41.3 Å². The molecule has 3 heterocycles. The van der Waals surface area contributed by atoms with Crippen molar-refractivity contribution < 1.29 is 41.8 Å². The Balaban J connectivity index is 1.48. The van der Waals surface area contributed by atoms with Gasteiger partial charge in [-0.1, -0.05) is 24.3 Å². The first-order valence-corrected chi connectivity index (χ1v) is 19.4. The number of carbonyl (C=O) groups is 4. The van der Waals surface area contributed by atoms with Crippen LogP contribution in [-0.2, 0) is 46.8 Å². The molecule has 0 saturated heterocycles. The third-order valence-corrected chi connectivity index (χ3v) is 11.1. The normalized spacial score (nSPS) is 20.2. The molecule has 5 rings (SSSR count). The van der Waals surface area contributed by atoms with E-state index in [2.05, 4.69) is 26.0 Å². The number of methoxy groups -OCH3 is 1. The van der Waals surface area contributed by atoms with Crippen molar-refractivity contribution in [2.24, 2.45) is 0 Å². The van der Waals surface area contributed by atoms with Gasteiger partial charge in [0.15, 0.2) is 0 Å². The number of sulfonamides is 1. The molecule has 3 amide bonds. The molecule has 54 heavy (non-hydrogen) atoms. The number of carbonyl (C=O) groups excluding carboxylic acids is 4. The number of rotatable bonds is 8. The van der Waals surface area contributed by atoms with Gasteiger partial charge in [0.2, 0.25) is 23.7 Å². The summed E-state index contributed by atoms with van der Waals surface area (Å²) in [6.45, 7) is 10.8. The second-order valence-electron chi connectivity index (χ2n) is 14.2. The van der Waals surface area contributed by atoms with Crippen molar-refractivity contribution in [3.63, 3.8) is 0 Å². The maximum atomic E-state index is 13.6. The van der Waals surface area contributed by atoms with Crippen molar-refractivity contribution in [3.8, 4) is 11.5 Å². The number of nitrogens with one attached hydrogen (secondary N) is 6. The van der Waals surface area contributed by atoms with Crippen LogP contribution in [0.25, 0.3) is 0 Å². The molecule has 2 aromatic carbocycles. The fraction of sp³-hybridized carbons (Fsp3) is 0.500. The predicted octanol–water partition coefficient (Wildman–Crippen LogP) is 2.53. The van der Waals surface area contributed by atoms with Gasteiger partial charge in [0.1, 0.15) is 41.8 Å². The quantitative estimate of drug-likeness (QED) is 0.0759. The Morgan fingerprint density at radius 2 is 1.72 bits per heavy atom. The molecule has 0 fully saturated rings. The van der Waals surface area contributed by atoms with E-state index < -0.39 is 57.8 Å². The summed E-state index contributed by atoms with van der Waals surface area (Å²) < 4.78 is 46.4. The highest BCUT2D eigenvalue weighted by Gasteiger charge is 2.34.